The Morgan fingerprint density at radius 3 is 2.30 bits per heavy atom. The number of nitrogens with one attached hydrogen (secondary N) is 1. The van der Waals surface area contributed by atoms with Gasteiger partial charge in [-0.05, 0) is 24.0 Å². The van der Waals surface area contributed by atoms with E-state index in [0.717, 1.165) is 36.8 Å². The van der Waals surface area contributed by atoms with Crippen LogP contribution in [-0.2, 0) is 17.9 Å². The van der Waals surface area contributed by atoms with Crippen LogP contribution in [0.4, 0.5) is 4.79 Å². The summed E-state index contributed by atoms with van der Waals surface area (Å²) in [5.74, 6) is -0.0914. The van der Waals surface area contributed by atoms with Crippen molar-refractivity contribution >= 4 is 11.9 Å². The zero-order valence-corrected chi connectivity index (χ0v) is 11.3. The molecule has 2 aliphatic rings. The van der Waals surface area contributed by atoms with Crippen molar-refractivity contribution in [1.29, 1.82) is 0 Å². The lowest BCUT2D eigenvalue weighted by Gasteiger charge is -2.20. The number of urea groups is 1. The van der Waals surface area contributed by atoms with Crippen molar-refractivity contribution in [2.24, 2.45) is 0 Å². The predicted molar refractivity (Wildman–Crippen MR) is 72.6 cm³/mol. The van der Waals surface area contributed by atoms with Gasteiger partial charge in [-0.15, -0.1) is 0 Å². The third kappa shape index (κ3) is 2.08. The van der Waals surface area contributed by atoms with Gasteiger partial charge < -0.3 is 10.4 Å². The first-order valence-electron chi connectivity index (χ1n) is 6.97. The fraction of sp³-hybridized carbons (Fsp3) is 0.467. The lowest BCUT2D eigenvalue weighted by atomic mass is 9.98. The standard InChI is InChI=1S/C15H18N2O3/c18-10-12-5-3-11(4-6-12)9-17-13(19)15(16-14(17)20)7-1-2-8-15/h3-6,18H,1-2,7-10H2,(H,16,20). The maximum atomic E-state index is 12.5. The molecule has 1 saturated heterocycles. The molecule has 3 rings (SSSR count). The molecule has 1 heterocycles. The fourth-order valence-corrected chi connectivity index (χ4v) is 3.07. The van der Waals surface area contributed by atoms with Crippen LogP contribution in [0.1, 0.15) is 36.8 Å². The van der Waals surface area contributed by atoms with Gasteiger partial charge in [-0.25, -0.2) is 4.79 Å². The molecule has 3 amide bonds. The monoisotopic (exact) mass is 274 g/mol. The molecule has 1 aromatic rings. The fourth-order valence-electron chi connectivity index (χ4n) is 3.07. The van der Waals surface area contributed by atoms with Gasteiger partial charge in [0.1, 0.15) is 5.54 Å². The van der Waals surface area contributed by atoms with Crippen molar-refractivity contribution in [2.45, 2.75) is 44.4 Å². The first-order valence-corrected chi connectivity index (χ1v) is 6.97. The Kier molecular flexibility index (Phi) is 3.22. The van der Waals surface area contributed by atoms with Gasteiger partial charge in [0.05, 0.1) is 13.2 Å². The molecule has 1 aliphatic heterocycles. The van der Waals surface area contributed by atoms with E-state index in [4.69, 9.17) is 5.11 Å². The van der Waals surface area contributed by atoms with E-state index in [0.29, 0.717) is 0 Å². The van der Waals surface area contributed by atoms with Crippen LogP contribution in [0.15, 0.2) is 24.3 Å². The molecule has 0 aromatic heterocycles. The van der Waals surface area contributed by atoms with E-state index >= 15 is 0 Å². The lowest BCUT2D eigenvalue weighted by Crippen LogP contribution is -2.44. The van der Waals surface area contributed by atoms with Gasteiger partial charge in [0.25, 0.3) is 5.91 Å². The van der Waals surface area contributed by atoms with E-state index in [2.05, 4.69) is 5.32 Å². The summed E-state index contributed by atoms with van der Waals surface area (Å²) in [6.07, 6.45) is 3.48. The third-order valence-corrected chi connectivity index (χ3v) is 4.25. The molecule has 0 atom stereocenters. The Morgan fingerprint density at radius 2 is 1.70 bits per heavy atom. The molecule has 1 aliphatic carbocycles. The summed E-state index contributed by atoms with van der Waals surface area (Å²) in [5.41, 5.74) is 1.07. The summed E-state index contributed by atoms with van der Waals surface area (Å²) in [6.45, 7) is 0.282. The molecule has 1 saturated carbocycles. The molecule has 5 nitrogen and oxygen atoms in total. The minimum atomic E-state index is -0.637. The third-order valence-electron chi connectivity index (χ3n) is 4.25. The van der Waals surface area contributed by atoms with Gasteiger partial charge in [0.2, 0.25) is 0 Å². The highest BCUT2D eigenvalue weighted by Crippen LogP contribution is 2.35. The van der Waals surface area contributed by atoms with Crippen molar-refractivity contribution in [2.75, 3.05) is 0 Å². The molecular weight excluding hydrogens is 256 g/mol. The molecule has 1 aromatic carbocycles. The van der Waals surface area contributed by atoms with Gasteiger partial charge in [0, 0.05) is 0 Å². The molecular formula is C15H18N2O3. The molecule has 0 bridgehead atoms. The largest absolute Gasteiger partial charge is 0.392 e. The molecule has 0 radical (unpaired) electrons. The smallest absolute Gasteiger partial charge is 0.325 e. The first-order chi connectivity index (χ1) is 9.64. The summed E-state index contributed by atoms with van der Waals surface area (Å²) in [7, 11) is 0. The normalized spacial score (nSPS) is 20.8. The Morgan fingerprint density at radius 1 is 1.10 bits per heavy atom. The van der Waals surface area contributed by atoms with E-state index < -0.39 is 5.54 Å². The number of aliphatic hydroxyl groups excluding tert-OH is 1. The van der Waals surface area contributed by atoms with Crippen molar-refractivity contribution in [3.05, 3.63) is 35.4 Å². The van der Waals surface area contributed by atoms with Crippen LogP contribution >= 0.6 is 0 Å². The Hall–Kier alpha value is -1.88. The Labute approximate surface area is 117 Å². The van der Waals surface area contributed by atoms with Crippen LogP contribution in [0, 0.1) is 0 Å². The maximum Gasteiger partial charge on any atom is 0.325 e. The SMILES string of the molecule is O=C1NC2(CCCC2)C(=O)N1Cc1ccc(CO)cc1. The number of imide groups is 1. The van der Waals surface area contributed by atoms with Crippen molar-refractivity contribution in [3.63, 3.8) is 0 Å². The van der Waals surface area contributed by atoms with E-state index in [1.807, 2.05) is 12.1 Å². The topological polar surface area (TPSA) is 69.6 Å². The van der Waals surface area contributed by atoms with Crippen molar-refractivity contribution in [3.8, 4) is 0 Å². The van der Waals surface area contributed by atoms with Crippen molar-refractivity contribution < 1.29 is 14.7 Å². The summed E-state index contributed by atoms with van der Waals surface area (Å²) < 4.78 is 0. The summed E-state index contributed by atoms with van der Waals surface area (Å²) in [5, 5.41) is 11.9. The molecule has 5 heteroatoms. The molecule has 2 N–H and O–H groups in total. The number of nitrogens with zero attached hydrogens (tertiary/aromatic N) is 1. The minimum absolute atomic E-state index is 0.00742. The highest BCUT2D eigenvalue weighted by atomic mass is 16.3. The first kappa shape index (κ1) is 13.1. The molecule has 20 heavy (non-hydrogen) atoms. The highest BCUT2D eigenvalue weighted by Gasteiger charge is 2.52. The number of hydrogen-bond acceptors (Lipinski definition) is 3. The van der Waals surface area contributed by atoms with E-state index in [1.54, 1.807) is 12.1 Å². The van der Waals surface area contributed by atoms with Gasteiger partial charge >= 0.3 is 6.03 Å². The molecule has 1 spiro atoms. The summed E-state index contributed by atoms with van der Waals surface area (Å²) >= 11 is 0. The zero-order chi connectivity index (χ0) is 14.2. The number of amides is 3. The summed E-state index contributed by atoms with van der Waals surface area (Å²) in [4.78, 5) is 25.8. The number of aliphatic hydroxyl groups is 1. The van der Waals surface area contributed by atoms with Gasteiger partial charge in [-0.2, -0.15) is 0 Å². The number of benzene rings is 1. The van der Waals surface area contributed by atoms with E-state index in [9.17, 15) is 9.59 Å². The minimum Gasteiger partial charge on any atom is -0.392 e. The number of carbonyl (C=O) groups is 2. The van der Waals surface area contributed by atoms with Gasteiger partial charge in [-0.3, -0.25) is 9.69 Å². The lowest BCUT2D eigenvalue weighted by molar-refractivity contribution is -0.131. The molecule has 2 fully saturated rings. The highest BCUT2D eigenvalue weighted by molar-refractivity contribution is 6.07. The maximum absolute atomic E-state index is 12.5. The van der Waals surface area contributed by atoms with Crippen LogP contribution in [-0.4, -0.2) is 27.5 Å². The number of hydrogen-bond donors (Lipinski definition) is 2. The average molecular weight is 274 g/mol. The second kappa shape index (κ2) is 4.90. The average Bonchev–Trinajstić information content (AvgIpc) is 3.01. The van der Waals surface area contributed by atoms with E-state index in [-0.39, 0.29) is 25.1 Å². The Balaban J connectivity index is 1.76. The number of carbonyl (C=O) groups excluding carboxylic acids is 2. The molecule has 106 valence electrons. The van der Waals surface area contributed by atoms with Crippen LogP contribution in [0.2, 0.25) is 0 Å². The van der Waals surface area contributed by atoms with Crippen LogP contribution < -0.4 is 5.32 Å². The van der Waals surface area contributed by atoms with Gasteiger partial charge in [-0.1, -0.05) is 37.1 Å². The second-order valence-electron chi connectivity index (χ2n) is 5.59. The predicted octanol–water partition coefficient (Wildman–Crippen LogP) is 1.54. The van der Waals surface area contributed by atoms with Crippen LogP contribution in [0.3, 0.4) is 0 Å². The van der Waals surface area contributed by atoms with Crippen molar-refractivity contribution in [1.82, 2.24) is 10.2 Å². The second-order valence-corrected chi connectivity index (χ2v) is 5.59. The van der Waals surface area contributed by atoms with Crippen LogP contribution in [0.25, 0.3) is 0 Å². The summed E-state index contributed by atoms with van der Waals surface area (Å²) in [6, 6.07) is 7.00. The van der Waals surface area contributed by atoms with Crippen LogP contribution in [0.5, 0.6) is 0 Å². The molecule has 0 unspecified atom stereocenters. The van der Waals surface area contributed by atoms with Gasteiger partial charge in [0.15, 0.2) is 0 Å². The Bertz CT molecular complexity index is 533. The quantitative estimate of drug-likeness (QED) is 0.821. The number of rotatable bonds is 3. The van der Waals surface area contributed by atoms with E-state index in [1.165, 1.54) is 4.90 Å². The zero-order valence-electron chi connectivity index (χ0n) is 11.3.